The Balaban J connectivity index is 1.68. The second kappa shape index (κ2) is 5.44. The van der Waals surface area contributed by atoms with Gasteiger partial charge in [-0.2, -0.15) is 0 Å². The SMILES string of the molecule is O=C(Nc1nc2c(s1)CCCCC2)[C@@H]1CCS(=O)(=O)C1. The maximum Gasteiger partial charge on any atom is 0.230 e. The number of carbonyl (C=O) groups is 1. The topological polar surface area (TPSA) is 76.1 Å². The summed E-state index contributed by atoms with van der Waals surface area (Å²) >= 11 is 1.54. The molecule has 0 radical (unpaired) electrons. The minimum absolute atomic E-state index is 0.0239. The lowest BCUT2D eigenvalue weighted by Gasteiger charge is -2.06. The highest BCUT2D eigenvalue weighted by molar-refractivity contribution is 7.91. The summed E-state index contributed by atoms with van der Waals surface area (Å²) in [6, 6.07) is 0. The van der Waals surface area contributed by atoms with E-state index in [1.54, 1.807) is 11.3 Å². The van der Waals surface area contributed by atoms with Gasteiger partial charge in [0, 0.05) is 4.88 Å². The molecule has 3 rings (SSSR count). The van der Waals surface area contributed by atoms with E-state index in [2.05, 4.69) is 10.3 Å². The van der Waals surface area contributed by atoms with Crippen molar-refractivity contribution in [3.8, 4) is 0 Å². The van der Waals surface area contributed by atoms with Crippen LogP contribution in [0.3, 0.4) is 0 Å². The minimum atomic E-state index is -3.02. The Morgan fingerprint density at radius 3 is 2.80 bits per heavy atom. The fourth-order valence-corrected chi connectivity index (χ4v) is 5.59. The summed E-state index contributed by atoms with van der Waals surface area (Å²) in [5, 5.41) is 3.43. The second-order valence-corrected chi connectivity index (χ2v) is 8.85. The molecule has 1 atom stereocenters. The van der Waals surface area contributed by atoms with Crippen LogP contribution in [0.25, 0.3) is 0 Å². The van der Waals surface area contributed by atoms with Crippen LogP contribution >= 0.6 is 11.3 Å². The molecule has 0 saturated carbocycles. The molecule has 0 aromatic carbocycles. The average molecular weight is 314 g/mol. The highest BCUT2D eigenvalue weighted by Crippen LogP contribution is 2.29. The molecule has 1 aliphatic heterocycles. The first-order valence-electron chi connectivity index (χ1n) is 7.03. The van der Waals surface area contributed by atoms with Crippen LogP contribution in [0.5, 0.6) is 0 Å². The number of sulfone groups is 1. The van der Waals surface area contributed by atoms with Gasteiger partial charge in [-0.1, -0.05) is 6.42 Å². The molecular weight excluding hydrogens is 296 g/mol. The predicted molar refractivity (Wildman–Crippen MR) is 78.8 cm³/mol. The van der Waals surface area contributed by atoms with E-state index in [1.807, 2.05) is 0 Å². The molecule has 110 valence electrons. The lowest BCUT2D eigenvalue weighted by Crippen LogP contribution is -2.23. The van der Waals surface area contributed by atoms with Gasteiger partial charge in [0.2, 0.25) is 5.91 Å². The van der Waals surface area contributed by atoms with Gasteiger partial charge in [0.1, 0.15) is 0 Å². The highest BCUT2D eigenvalue weighted by atomic mass is 32.2. The van der Waals surface area contributed by atoms with Gasteiger partial charge >= 0.3 is 0 Å². The zero-order valence-corrected chi connectivity index (χ0v) is 12.9. The molecule has 1 aromatic rings. The number of carbonyl (C=O) groups excluding carboxylic acids is 1. The summed E-state index contributed by atoms with van der Waals surface area (Å²) in [6.45, 7) is 0. The van der Waals surface area contributed by atoms with Crippen LogP contribution < -0.4 is 5.32 Å². The second-order valence-electron chi connectivity index (χ2n) is 5.54. The van der Waals surface area contributed by atoms with E-state index >= 15 is 0 Å². The van der Waals surface area contributed by atoms with Crippen molar-refractivity contribution in [2.75, 3.05) is 16.8 Å². The maximum absolute atomic E-state index is 12.1. The van der Waals surface area contributed by atoms with Gasteiger partial charge in [-0.25, -0.2) is 13.4 Å². The summed E-state index contributed by atoms with van der Waals surface area (Å²) < 4.78 is 22.8. The smallest absolute Gasteiger partial charge is 0.230 e. The molecule has 0 spiro atoms. The molecule has 5 nitrogen and oxygen atoms in total. The van der Waals surface area contributed by atoms with Crippen molar-refractivity contribution in [2.45, 2.75) is 38.5 Å². The number of aromatic nitrogens is 1. The molecule has 1 aromatic heterocycles. The van der Waals surface area contributed by atoms with Crippen molar-refractivity contribution in [1.82, 2.24) is 4.98 Å². The standard InChI is InChI=1S/C13H18N2O3S2/c16-12(9-6-7-20(17,18)8-9)15-13-14-10-4-2-1-3-5-11(10)19-13/h9H,1-8H2,(H,14,15,16)/t9-/m1/s1. The number of fused-ring (bicyclic) bond motifs is 1. The average Bonchev–Trinajstić information content (AvgIpc) is 2.86. The largest absolute Gasteiger partial charge is 0.302 e. The van der Waals surface area contributed by atoms with E-state index in [1.165, 1.54) is 17.7 Å². The molecule has 2 heterocycles. The number of hydrogen-bond donors (Lipinski definition) is 1. The lowest BCUT2D eigenvalue weighted by atomic mass is 10.1. The summed E-state index contributed by atoms with van der Waals surface area (Å²) in [4.78, 5) is 17.8. The van der Waals surface area contributed by atoms with Gasteiger partial charge < -0.3 is 5.32 Å². The third-order valence-corrected chi connectivity index (χ3v) is 6.77. The molecule has 7 heteroatoms. The molecule has 20 heavy (non-hydrogen) atoms. The number of nitrogens with one attached hydrogen (secondary N) is 1. The fraction of sp³-hybridized carbons (Fsp3) is 0.692. The van der Waals surface area contributed by atoms with Crippen molar-refractivity contribution in [1.29, 1.82) is 0 Å². The van der Waals surface area contributed by atoms with E-state index in [-0.39, 0.29) is 17.4 Å². The molecule has 2 aliphatic rings. The number of rotatable bonds is 2. The van der Waals surface area contributed by atoms with Crippen LogP contribution in [0.15, 0.2) is 0 Å². The Labute approximate surface area is 122 Å². The molecule has 0 unspecified atom stereocenters. The zero-order valence-electron chi connectivity index (χ0n) is 11.2. The molecular formula is C13H18N2O3S2. The van der Waals surface area contributed by atoms with Gasteiger partial charge in [-0.05, 0) is 32.1 Å². The summed E-state index contributed by atoms with van der Waals surface area (Å²) in [5.74, 6) is -0.512. The van der Waals surface area contributed by atoms with Crippen molar-refractivity contribution in [2.24, 2.45) is 5.92 Å². The van der Waals surface area contributed by atoms with Gasteiger partial charge in [0.15, 0.2) is 15.0 Å². The summed E-state index contributed by atoms with van der Waals surface area (Å²) in [6.07, 6.45) is 6.04. The highest BCUT2D eigenvalue weighted by Gasteiger charge is 2.33. The number of aryl methyl sites for hydroxylation is 2. The van der Waals surface area contributed by atoms with Gasteiger partial charge in [0.25, 0.3) is 0 Å². The molecule has 1 fully saturated rings. The zero-order chi connectivity index (χ0) is 14.2. The third-order valence-electron chi connectivity index (χ3n) is 3.93. The van der Waals surface area contributed by atoms with Crippen molar-refractivity contribution >= 4 is 32.2 Å². The number of thiazole rings is 1. The van der Waals surface area contributed by atoms with E-state index in [0.29, 0.717) is 11.6 Å². The van der Waals surface area contributed by atoms with Crippen LogP contribution in [0, 0.1) is 5.92 Å². The van der Waals surface area contributed by atoms with Crippen LogP contribution in [-0.2, 0) is 27.5 Å². The minimum Gasteiger partial charge on any atom is -0.302 e. The number of nitrogens with zero attached hydrogens (tertiary/aromatic N) is 1. The van der Waals surface area contributed by atoms with E-state index in [9.17, 15) is 13.2 Å². The van der Waals surface area contributed by atoms with Gasteiger partial charge in [-0.3, -0.25) is 4.79 Å². The quantitative estimate of drug-likeness (QED) is 0.844. The molecule has 1 aliphatic carbocycles. The summed E-state index contributed by atoms with van der Waals surface area (Å²) in [5.41, 5.74) is 1.11. The third kappa shape index (κ3) is 3.03. The van der Waals surface area contributed by atoms with Crippen LogP contribution in [0.4, 0.5) is 5.13 Å². The van der Waals surface area contributed by atoms with Gasteiger partial charge in [-0.15, -0.1) is 11.3 Å². The maximum atomic E-state index is 12.1. The van der Waals surface area contributed by atoms with Crippen molar-refractivity contribution < 1.29 is 13.2 Å². The monoisotopic (exact) mass is 314 g/mol. The molecule has 1 amide bonds. The van der Waals surface area contributed by atoms with E-state index in [0.717, 1.165) is 25.0 Å². The normalized spacial score (nSPS) is 24.9. The first-order chi connectivity index (χ1) is 9.53. The Kier molecular flexibility index (Phi) is 3.81. The lowest BCUT2D eigenvalue weighted by molar-refractivity contribution is -0.119. The number of amides is 1. The van der Waals surface area contributed by atoms with Gasteiger partial charge in [0.05, 0.1) is 23.1 Å². The summed E-state index contributed by atoms with van der Waals surface area (Å²) in [7, 11) is -3.02. The Hall–Kier alpha value is -0.950. The first-order valence-corrected chi connectivity index (χ1v) is 9.67. The Morgan fingerprint density at radius 1 is 1.25 bits per heavy atom. The number of anilines is 1. The van der Waals surface area contributed by atoms with E-state index < -0.39 is 15.8 Å². The van der Waals surface area contributed by atoms with Crippen LogP contribution in [0.2, 0.25) is 0 Å². The molecule has 0 bridgehead atoms. The fourth-order valence-electron chi connectivity index (χ4n) is 2.79. The Bertz CT molecular complexity index is 598. The Morgan fingerprint density at radius 2 is 2.05 bits per heavy atom. The first kappa shape index (κ1) is 14.0. The van der Waals surface area contributed by atoms with Crippen molar-refractivity contribution in [3.05, 3.63) is 10.6 Å². The molecule has 1 N–H and O–H groups in total. The van der Waals surface area contributed by atoms with Crippen LogP contribution in [0.1, 0.15) is 36.3 Å². The van der Waals surface area contributed by atoms with Crippen LogP contribution in [-0.4, -0.2) is 30.8 Å². The predicted octanol–water partition coefficient (Wildman–Crippen LogP) is 1.79. The van der Waals surface area contributed by atoms with Crippen molar-refractivity contribution in [3.63, 3.8) is 0 Å². The number of hydrogen-bond acceptors (Lipinski definition) is 5. The van der Waals surface area contributed by atoms with E-state index in [4.69, 9.17) is 0 Å². The molecule has 1 saturated heterocycles.